The Balaban J connectivity index is 1.84. The van der Waals surface area contributed by atoms with E-state index < -0.39 is 5.91 Å². The van der Waals surface area contributed by atoms with Gasteiger partial charge in [-0.1, -0.05) is 23.7 Å². The van der Waals surface area contributed by atoms with Gasteiger partial charge in [-0.15, -0.1) is 0 Å². The van der Waals surface area contributed by atoms with E-state index in [1.165, 1.54) is 17.1 Å². The van der Waals surface area contributed by atoms with Gasteiger partial charge in [0, 0.05) is 18.7 Å². The molecule has 0 radical (unpaired) electrons. The minimum atomic E-state index is -0.478. The van der Waals surface area contributed by atoms with E-state index in [2.05, 4.69) is 15.5 Å². The van der Waals surface area contributed by atoms with Gasteiger partial charge in [0.2, 0.25) is 0 Å². The summed E-state index contributed by atoms with van der Waals surface area (Å²) in [5.41, 5.74) is 4.04. The Morgan fingerprint density at radius 1 is 1.33 bits per heavy atom. The third-order valence-corrected chi connectivity index (χ3v) is 3.94. The highest BCUT2D eigenvalue weighted by Gasteiger charge is 2.09. The molecule has 0 aliphatic heterocycles. The summed E-state index contributed by atoms with van der Waals surface area (Å²) in [4.78, 5) is 28.5. The fourth-order valence-electron chi connectivity index (χ4n) is 2.30. The molecule has 0 bridgehead atoms. The number of hydrogen-bond acceptors (Lipinski definition) is 4. The average molecular weight is 344 g/mol. The summed E-state index contributed by atoms with van der Waals surface area (Å²) in [5, 5.41) is 5.02. The second-order valence-electron chi connectivity index (χ2n) is 5.16. The number of carbonyl (C=O) groups is 1. The molecule has 7 nitrogen and oxygen atoms in total. The molecule has 1 N–H and O–H groups in total. The third-order valence-electron chi connectivity index (χ3n) is 3.49. The summed E-state index contributed by atoms with van der Waals surface area (Å²) in [5.74, 6) is -0.478. The summed E-state index contributed by atoms with van der Waals surface area (Å²) >= 11 is 6.10. The van der Waals surface area contributed by atoms with Gasteiger partial charge in [0.15, 0.2) is 0 Å². The molecule has 3 rings (SSSR count). The Morgan fingerprint density at radius 2 is 2.08 bits per heavy atom. The maximum absolute atomic E-state index is 12.3. The van der Waals surface area contributed by atoms with E-state index in [1.807, 2.05) is 0 Å². The lowest BCUT2D eigenvalue weighted by Gasteiger charge is -2.06. The zero-order valence-electron chi connectivity index (χ0n) is 13.0. The molecule has 0 unspecified atom stereocenters. The van der Waals surface area contributed by atoms with Gasteiger partial charge >= 0.3 is 0 Å². The van der Waals surface area contributed by atoms with Gasteiger partial charge in [-0.3, -0.25) is 19.7 Å². The molecule has 1 aromatic carbocycles. The van der Waals surface area contributed by atoms with E-state index in [0.29, 0.717) is 27.3 Å². The molecule has 0 fully saturated rings. The molecule has 24 heavy (non-hydrogen) atoms. The fourth-order valence-corrected chi connectivity index (χ4v) is 2.54. The number of aryl methyl sites for hydroxylation is 2. The molecule has 0 aliphatic rings. The highest BCUT2D eigenvalue weighted by molar-refractivity contribution is 6.31. The molecular weight excluding hydrogens is 330 g/mol. The normalized spacial score (nSPS) is 11.3. The van der Waals surface area contributed by atoms with Crippen molar-refractivity contribution in [3.63, 3.8) is 0 Å². The van der Waals surface area contributed by atoms with Gasteiger partial charge < -0.3 is 0 Å². The highest BCUT2D eigenvalue weighted by Crippen LogP contribution is 2.19. The van der Waals surface area contributed by atoms with Gasteiger partial charge in [0.25, 0.3) is 11.5 Å². The summed E-state index contributed by atoms with van der Waals surface area (Å²) in [6.45, 7) is 1.79. The smallest absolute Gasteiger partial charge is 0.268 e. The van der Waals surface area contributed by atoms with Crippen LogP contribution in [0.25, 0.3) is 17.0 Å². The van der Waals surface area contributed by atoms with Crippen molar-refractivity contribution in [2.75, 3.05) is 5.43 Å². The van der Waals surface area contributed by atoms with Gasteiger partial charge in [-0.2, -0.15) is 5.10 Å². The molecule has 2 heterocycles. The number of hydrogen-bond donors (Lipinski definition) is 1. The van der Waals surface area contributed by atoms with Crippen LogP contribution < -0.4 is 11.0 Å². The molecule has 0 saturated carbocycles. The van der Waals surface area contributed by atoms with E-state index in [1.54, 1.807) is 44.3 Å². The van der Waals surface area contributed by atoms with Crippen LogP contribution in [0.2, 0.25) is 5.15 Å². The number of aromatic nitrogens is 4. The monoisotopic (exact) mass is 343 g/mol. The number of halogens is 1. The molecule has 0 aliphatic carbocycles. The van der Waals surface area contributed by atoms with Crippen molar-refractivity contribution < 1.29 is 4.79 Å². The first-order valence-electron chi connectivity index (χ1n) is 7.12. The van der Waals surface area contributed by atoms with Crippen LogP contribution in [0.15, 0.2) is 41.5 Å². The summed E-state index contributed by atoms with van der Waals surface area (Å²) in [7, 11) is 1.72. The number of nitrogens with zero attached hydrogens (tertiary/aromatic N) is 4. The van der Waals surface area contributed by atoms with E-state index in [0.717, 1.165) is 4.68 Å². The maximum atomic E-state index is 12.3. The molecule has 0 atom stereocenters. The fraction of sp³-hybridized carbons (Fsp3) is 0.125. The van der Waals surface area contributed by atoms with E-state index in [4.69, 9.17) is 11.6 Å². The Hall–Kier alpha value is -2.93. The molecule has 1 amide bonds. The van der Waals surface area contributed by atoms with Crippen LogP contribution in [0.3, 0.4) is 0 Å². The standard InChI is InChI=1S/C16H14ClN5O2/c1-10-11(15(17)21(2)19-10)7-8-14(23)20-22-9-18-13-6-4-3-5-12(13)16(22)24/h3-9H,1-2H3,(H,20,23)/b8-7+. The van der Waals surface area contributed by atoms with Crippen LogP contribution in [-0.2, 0) is 11.8 Å². The second kappa shape index (κ2) is 6.29. The summed E-state index contributed by atoms with van der Waals surface area (Å²) in [6.07, 6.45) is 4.12. The lowest BCUT2D eigenvalue weighted by molar-refractivity contribution is -0.112. The number of rotatable bonds is 3. The molecule has 122 valence electrons. The van der Waals surface area contributed by atoms with Crippen LogP contribution >= 0.6 is 11.6 Å². The first-order valence-corrected chi connectivity index (χ1v) is 7.49. The van der Waals surface area contributed by atoms with E-state index in [-0.39, 0.29) is 5.56 Å². The minimum Gasteiger partial charge on any atom is -0.268 e. The van der Waals surface area contributed by atoms with Crippen LogP contribution in [0.1, 0.15) is 11.3 Å². The second-order valence-corrected chi connectivity index (χ2v) is 5.52. The number of nitrogens with one attached hydrogen (secondary N) is 1. The topological polar surface area (TPSA) is 81.8 Å². The highest BCUT2D eigenvalue weighted by atomic mass is 35.5. The number of benzene rings is 1. The first-order chi connectivity index (χ1) is 11.5. The first kappa shape index (κ1) is 15.9. The van der Waals surface area contributed by atoms with Gasteiger partial charge in [0.05, 0.1) is 16.6 Å². The summed E-state index contributed by atoms with van der Waals surface area (Å²) < 4.78 is 2.57. The molecule has 0 spiro atoms. The lowest BCUT2D eigenvalue weighted by Crippen LogP contribution is -2.32. The van der Waals surface area contributed by atoms with Crippen molar-refractivity contribution in [3.8, 4) is 0 Å². The third kappa shape index (κ3) is 2.93. The molecular formula is C16H14ClN5O2. The number of amides is 1. The Bertz CT molecular complexity index is 1020. The van der Waals surface area contributed by atoms with Crippen molar-refractivity contribution in [2.45, 2.75) is 6.92 Å². The Labute approximate surface area is 142 Å². The van der Waals surface area contributed by atoms with Crippen LogP contribution in [0.5, 0.6) is 0 Å². The number of carbonyl (C=O) groups excluding carboxylic acids is 1. The predicted octanol–water partition coefficient (Wildman–Crippen LogP) is 1.88. The van der Waals surface area contributed by atoms with Gasteiger partial charge in [-0.25, -0.2) is 9.66 Å². The summed E-state index contributed by atoms with van der Waals surface area (Å²) in [6, 6.07) is 6.92. The van der Waals surface area contributed by atoms with Gasteiger partial charge in [0.1, 0.15) is 11.5 Å². The predicted molar refractivity (Wildman–Crippen MR) is 92.4 cm³/mol. The number of para-hydroxylation sites is 1. The van der Waals surface area contributed by atoms with Crippen molar-refractivity contribution in [1.29, 1.82) is 0 Å². The van der Waals surface area contributed by atoms with Crippen LogP contribution in [0, 0.1) is 6.92 Å². The molecule has 3 aromatic rings. The van der Waals surface area contributed by atoms with Crippen molar-refractivity contribution in [2.24, 2.45) is 7.05 Å². The van der Waals surface area contributed by atoms with Gasteiger partial charge in [-0.05, 0) is 25.1 Å². The van der Waals surface area contributed by atoms with E-state index >= 15 is 0 Å². The quantitative estimate of drug-likeness (QED) is 0.736. The zero-order chi connectivity index (χ0) is 17.3. The zero-order valence-corrected chi connectivity index (χ0v) is 13.8. The average Bonchev–Trinajstić information content (AvgIpc) is 2.81. The largest absolute Gasteiger partial charge is 0.280 e. The van der Waals surface area contributed by atoms with E-state index in [9.17, 15) is 9.59 Å². The lowest BCUT2D eigenvalue weighted by atomic mass is 10.2. The van der Waals surface area contributed by atoms with Crippen molar-refractivity contribution >= 4 is 34.5 Å². The maximum Gasteiger partial charge on any atom is 0.280 e. The number of fused-ring (bicyclic) bond motifs is 1. The van der Waals surface area contributed by atoms with Crippen LogP contribution in [-0.4, -0.2) is 25.3 Å². The minimum absolute atomic E-state index is 0.349. The Kier molecular flexibility index (Phi) is 4.18. The molecule has 2 aromatic heterocycles. The van der Waals surface area contributed by atoms with Crippen LogP contribution in [0.4, 0.5) is 0 Å². The molecule has 8 heteroatoms. The van der Waals surface area contributed by atoms with Crippen molar-refractivity contribution in [1.82, 2.24) is 19.4 Å². The Morgan fingerprint density at radius 3 is 2.79 bits per heavy atom. The SMILES string of the molecule is Cc1nn(C)c(Cl)c1/C=C/C(=O)Nn1cnc2ccccc2c1=O. The van der Waals surface area contributed by atoms with Crippen molar-refractivity contribution in [3.05, 3.63) is 63.4 Å². The molecule has 0 saturated heterocycles.